The van der Waals surface area contributed by atoms with Gasteiger partial charge in [0.15, 0.2) is 0 Å². The lowest BCUT2D eigenvalue weighted by Crippen LogP contribution is -2.03. The molecule has 0 radical (unpaired) electrons. The van der Waals surface area contributed by atoms with Crippen LogP contribution in [-0.4, -0.2) is 26.1 Å². The summed E-state index contributed by atoms with van der Waals surface area (Å²) in [6, 6.07) is 5.22. The Labute approximate surface area is 124 Å². The maximum atomic E-state index is 11.0. The van der Waals surface area contributed by atoms with Gasteiger partial charge in [0.2, 0.25) is 0 Å². The number of carbonyl (C=O) groups is 1. The van der Waals surface area contributed by atoms with Gasteiger partial charge in [-0.3, -0.25) is 0 Å². The zero-order chi connectivity index (χ0) is 14.7. The first-order valence-electron chi connectivity index (χ1n) is 6.14. The van der Waals surface area contributed by atoms with Gasteiger partial charge in [-0.05, 0) is 32.0 Å². The number of hydrogen-bond donors (Lipinski definition) is 2. The van der Waals surface area contributed by atoms with E-state index in [2.05, 4.69) is 31.6 Å². The molecule has 0 saturated carbocycles. The largest absolute Gasteiger partial charge is 0.478 e. The summed E-state index contributed by atoms with van der Waals surface area (Å²) in [4.78, 5) is 11.0. The van der Waals surface area contributed by atoms with E-state index in [0.29, 0.717) is 11.0 Å². The number of rotatable bonds is 5. The van der Waals surface area contributed by atoms with Crippen molar-refractivity contribution in [2.45, 2.75) is 26.4 Å². The molecule has 6 nitrogen and oxygen atoms in total. The minimum Gasteiger partial charge on any atom is -0.478 e. The molecule has 7 heteroatoms. The topological polar surface area (TPSA) is 80.0 Å². The quantitative estimate of drug-likeness (QED) is 0.876. The van der Waals surface area contributed by atoms with Gasteiger partial charge in [0.1, 0.15) is 5.69 Å². The highest BCUT2D eigenvalue weighted by Crippen LogP contribution is 2.20. The Kier molecular flexibility index (Phi) is 4.39. The summed E-state index contributed by atoms with van der Waals surface area (Å²) in [5, 5.41) is 20.2. The number of hydrogen-bond acceptors (Lipinski definition) is 4. The van der Waals surface area contributed by atoms with Crippen LogP contribution in [0, 0.1) is 0 Å². The normalized spacial score (nSPS) is 10.8. The average Bonchev–Trinajstić information content (AvgIpc) is 2.84. The zero-order valence-electron chi connectivity index (χ0n) is 11.2. The molecule has 1 aromatic carbocycles. The van der Waals surface area contributed by atoms with Crippen LogP contribution in [0.15, 0.2) is 28.9 Å². The fourth-order valence-corrected chi connectivity index (χ4v) is 2.15. The summed E-state index contributed by atoms with van der Waals surface area (Å²) >= 11 is 3.30. The average molecular weight is 339 g/mol. The van der Waals surface area contributed by atoms with Crippen molar-refractivity contribution in [1.29, 1.82) is 0 Å². The fraction of sp³-hybridized carbons (Fsp3) is 0.308. The molecule has 0 aliphatic rings. The third-order valence-electron chi connectivity index (χ3n) is 2.71. The van der Waals surface area contributed by atoms with E-state index >= 15 is 0 Å². The van der Waals surface area contributed by atoms with Crippen LogP contribution < -0.4 is 5.32 Å². The van der Waals surface area contributed by atoms with Crippen molar-refractivity contribution in [3.63, 3.8) is 0 Å². The third kappa shape index (κ3) is 3.57. The van der Waals surface area contributed by atoms with Crippen molar-refractivity contribution in [3.05, 3.63) is 40.1 Å². The zero-order valence-corrected chi connectivity index (χ0v) is 12.8. The molecule has 0 aliphatic carbocycles. The summed E-state index contributed by atoms with van der Waals surface area (Å²) in [6.07, 6.45) is 1.87. The van der Waals surface area contributed by atoms with Crippen molar-refractivity contribution in [2.24, 2.45) is 0 Å². The summed E-state index contributed by atoms with van der Waals surface area (Å²) in [6.45, 7) is 4.54. The highest BCUT2D eigenvalue weighted by atomic mass is 79.9. The van der Waals surface area contributed by atoms with Crippen molar-refractivity contribution < 1.29 is 9.90 Å². The maximum absolute atomic E-state index is 11.0. The van der Waals surface area contributed by atoms with E-state index in [1.807, 2.05) is 26.1 Å². The molecule has 0 amide bonds. The minimum atomic E-state index is -0.958. The van der Waals surface area contributed by atoms with Gasteiger partial charge in [-0.25, -0.2) is 9.48 Å². The predicted octanol–water partition coefficient (Wildman–Crippen LogP) is 2.93. The summed E-state index contributed by atoms with van der Waals surface area (Å²) < 4.78 is 2.49. The molecule has 0 spiro atoms. The maximum Gasteiger partial charge on any atom is 0.335 e. The van der Waals surface area contributed by atoms with E-state index in [-0.39, 0.29) is 11.6 Å². The molecule has 1 heterocycles. The number of carboxylic acids is 1. The summed E-state index contributed by atoms with van der Waals surface area (Å²) in [5.41, 5.74) is 1.75. The van der Waals surface area contributed by atoms with E-state index < -0.39 is 5.97 Å². The Morgan fingerprint density at radius 2 is 2.20 bits per heavy atom. The molecule has 0 atom stereocenters. The molecule has 106 valence electrons. The van der Waals surface area contributed by atoms with E-state index in [9.17, 15) is 4.79 Å². The van der Waals surface area contributed by atoms with Crippen molar-refractivity contribution in [1.82, 2.24) is 15.0 Å². The second-order valence-corrected chi connectivity index (χ2v) is 5.59. The van der Waals surface area contributed by atoms with Crippen molar-refractivity contribution >= 4 is 27.6 Å². The van der Waals surface area contributed by atoms with E-state index in [0.717, 1.165) is 11.4 Å². The van der Waals surface area contributed by atoms with Gasteiger partial charge in [0, 0.05) is 16.2 Å². The molecule has 2 aromatic rings. The highest BCUT2D eigenvalue weighted by Gasteiger charge is 2.07. The lowest BCUT2D eigenvalue weighted by Gasteiger charge is -2.06. The predicted molar refractivity (Wildman–Crippen MR) is 78.8 cm³/mol. The SMILES string of the molecule is CC(C)n1cc(CNc2cc(Br)cc(C(=O)O)c2)nn1. The van der Waals surface area contributed by atoms with Gasteiger partial charge in [-0.1, -0.05) is 21.1 Å². The molecule has 0 aliphatic heterocycles. The number of carboxylic acid groups (broad SMARTS) is 1. The van der Waals surface area contributed by atoms with Crippen LogP contribution in [0.5, 0.6) is 0 Å². The molecule has 0 unspecified atom stereocenters. The van der Waals surface area contributed by atoms with Crippen LogP contribution in [0.25, 0.3) is 0 Å². The molecule has 1 aromatic heterocycles. The lowest BCUT2D eigenvalue weighted by molar-refractivity contribution is 0.0697. The van der Waals surface area contributed by atoms with Crippen LogP contribution in [0.4, 0.5) is 5.69 Å². The minimum absolute atomic E-state index is 0.229. The first-order chi connectivity index (χ1) is 9.45. The summed E-state index contributed by atoms with van der Waals surface area (Å²) in [5.74, 6) is -0.958. The monoisotopic (exact) mass is 338 g/mol. The first kappa shape index (κ1) is 14.5. The molecule has 0 saturated heterocycles. The smallest absolute Gasteiger partial charge is 0.335 e. The molecule has 0 bridgehead atoms. The number of aromatic nitrogens is 3. The van der Waals surface area contributed by atoms with E-state index in [4.69, 9.17) is 5.11 Å². The Bertz CT molecular complexity index is 625. The van der Waals surface area contributed by atoms with E-state index in [1.54, 1.807) is 16.8 Å². The Morgan fingerprint density at radius 3 is 2.80 bits per heavy atom. The van der Waals surface area contributed by atoms with Gasteiger partial charge < -0.3 is 10.4 Å². The molecule has 2 rings (SSSR count). The van der Waals surface area contributed by atoms with Crippen molar-refractivity contribution in [3.8, 4) is 0 Å². The van der Waals surface area contributed by atoms with Gasteiger partial charge in [-0.2, -0.15) is 0 Å². The Morgan fingerprint density at radius 1 is 1.45 bits per heavy atom. The molecule has 2 N–H and O–H groups in total. The van der Waals surface area contributed by atoms with Crippen LogP contribution in [0.1, 0.15) is 35.9 Å². The number of aromatic carboxylic acids is 1. The number of benzene rings is 1. The molecular formula is C13H15BrN4O2. The first-order valence-corrected chi connectivity index (χ1v) is 6.93. The number of nitrogens with zero attached hydrogens (tertiary/aromatic N) is 3. The van der Waals surface area contributed by atoms with Gasteiger partial charge >= 0.3 is 5.97 Å². The van der Waals surface area contributed by atoms with Gasteiger partial charge in [-0.15, -0.1) is 5.10 Å². The van der Waals surface area contributed by atoms with E-state index in [1.165, 1.54) is 0 Å². The second-order valence-electron chi connectivity index (χ2n) is 4.67. The van der Waals surface area contributed by atoms with Crippen LogP contribution in [0.2, 0.25) is 0 Å². The molecule has 20 heavy (non-hydrogen) atoms. The lowest BCUT2D eigenvalue weighted by atomic mass is 10.2. The van der Waals surface area contributed by atoms with Gasteiger partial charge in [0.05, 0.1) is 18.3 Å². The third-order valence-corrected chi connectivity index (χ3v) is 3.16. The van der Waals surface area contributed by atoms with Crippen molar-refractivity contribution in [2.75, 3.05) is 5.32 Å². The highest BCUT2D eigenvalue weighted by molar-refractivity contribution is 9.10. The standard InChI is InChI=1S/C13H15BrN4O2/c1-8(2)18-7-12(16-17-18)6-15-11-4-9(13(19)20)3-10(14)5-11/h3-5,7-8,15H,6H2,1-2H3,(H,19,20). The fourth-order valence-electron chi connectivity index (χ4n) is 1.65. The van der Waals surface area contributed by atoms with Crippen LogP contribution in [0.3, 0.4) is 0 Å². The van der Waals surface area contributed by atoms with Crippen LogP contribution >= 0.6 is 15.9 Å². The Balaban J connectivity index is 2.08. The summed E-state index contributed by atoms with van der Waals surface area (Å²) in [7, 11) is 0. The number of nitrogens with one attached hydrogen (secondary N) is 1. The molecule has 0 fully saturated rings. The number of anilines is 1. The van der Waals surface area contributed by atoms with Gasteiger partial charge in [0.25, 0.3) is 0 Å². The second kappa shape index (κ2) is 6.04. The molecular weight excluding hydrogens is 324 g/mol. The Hall–Kier alpha value is -1.89. The number of halogens is 1. The van der Waals surface area contributed by atoms with Crippen LogP contribution in [-0.2, 0) is 6.54 Å².